The lowest BCUT2D eigenvalue weighted by Crippen LogP contribution is -2.31. The molecule has 0 bridgehead atoms. The van der Waals surface area contributed by atoms with Gasteiger partial charge < -0.3 is 5.32 Å². The molecule has 0 radical (unpaired) electrons. The average Bonchev–Trinajstić information content (AvgIpc) is 2.98. The molecule has 5 nitrogen and oxygen atoms in total. The number of amides is 1. The third kappa shape index (κ3) is 3.04. The van der Waals surface area contributed by atoms with Crippen molar-refractivity contribution < 1.29 is 13.2 Å². The molecule has 7 heteroatoms. The number of hydrogen-bond acceptors (Lipinski definition) is 5. The van der Waals surface area contributed by atoms with Gasteiger partial charge >= 0.3 is 0 Å². The summed E-state index contributed by atoms with van der Waals surface area (Å²) < 4.78 is 22.4. The molecule has 0 saturated heterocycles. The Morgan fingerprint density at radius 2 is 2.24 bits per heavy atom. The van der Waals surface area contributed by atoms with Crippen LogP contribution in [0.25, 0.3) is 0 Å². The zero-order valence-corrected chi connectivity index (χ0v) is 11.3. The van der Waals surface area contributed by atoms with Crippen LogP contribution in [0.2, 0.25) is 0 Å². The van der Waals surface area contributed by atoms with Crippen molar-refractivity contribution in [3.8, 4) is 0 Å². The number of hydrogen-bond donors (Lipinski definition) is 1. The lowest BCUT2D eigenvalue weighted by atomic mass is 10.3. The van der Waals surface area contributed by atoms with E-state index in [-0.39, 0.29) is 0 Å². The van der Waals surface area contributed by atoms with E-state index in [0.717, 1.165) is 24.8 Å². The number of nitrogens with one attached hydrogen (secondary N) is 1. The summed E-state index contributed by atoms with van der Waals surface area (Å²) in [6.07, 6.45) is 3.35. The molecule has 1 saturated carbocycles. The van der Waals surface area contributed by atoms with E-state index in [1.165, 1.54) is 18.3 Å². The van der Waals surface area contributed by atoms with E-state index < -0.39 is 21.0 Å². The summed E-state index contributed by atoms with van der Waals surface area (Å²) in [5.41, 5.74) is 0.998. The fourth-order valence-electron chi connectivity index (χ4n) is 1.31. The Morgan fingerprint density at radius 3 is 2.76 bits per heavy atom. The predicted octanol–water partition coefficient (Wildman–Crippen LogP) is 1.39. The molecule has 1 aliphatic carbocycles. The van der Waals surface area contributed by atoms with Gasteiger partial charge in [0.1, 0.15) is 5.25 Å². The van der Waals surface area contributed by atoms with Crippen LogP contribution < -0.4 is 5.32 Å². The van der Waals surface area contributed by atoms with E-state index >= 15 is 0 Å². The van der Waals surface area contributed by atoms with Crippen molar-refractivity contribution >= 4 is 32.2 Å². The Labute approximate surface area is 104 Å². The fraction of sp³-hybridized carbons (Fsp3) is 0.600. The monoisotopic (exact) mass is 274 g/mol. The topological polar surface area (TPSA) is 76.1 Å². The highest BCUT2D eigenvalue weighted by Crippen LogP contribution is 2.40. The van der Waals surface area contributed by atoms with E-state index in [0.29, 0.717) is 11.0 Å². The first-order valence-electron chi connectivity index (χ1n) is 5.33. The summed E-state index contributed by atoms with van der Waals surface area (Å²) in [5, 5.41) is 3.89. The second-order valence-corrected chi connectivity index (χ2v) is 7.54. The highest BCUT2D eigenvalue weighted by molar-refractivity contribution is 7.92. The van der Waals surface area contributed by atoms with Crippen LogP contribution in [0.3, 0.4) is 0 Å². The van der Waals surface area contributed by atoms with Crippen molar-refractivity contribution in [2.45, 2.75) is 30.9 Å². The SMILES string of the molecule is C[C@H](C(=O)Nc1nc(C2CC2)cs1)S(C)(=O)=O. The third-order valence-electron chi connectivity index (χ3n) is 2.76. The zero-order chi connectivity index (χ0) is 12.6. The van der Waals surface area contributed by atoms with Crippen molar-refractivity contribution in [2.24, 2.45) is 0 Å². The average molecular weight is 274 g/mol. The van der Waals surface area contributed by atoms with Crippen molar-refractivity contribution in [3.63, 3.8) is 0 Å². The Hall–Kier alpha value is -0.950. The van der Waals surface area contributed by atoms with Gasteiger partial charge in [-0.15, -0.1) is 11.3 Å². The molecule has 0 spiro atoms. The summed E-state index contributed by atoms with van der Waals surface area (Å²) >= 11 is 1.34. The highest BCUT2D eigenvalue weighted by Gasteiger charge is 2.27. The normalized spacial score (nSPS) is 17.8. The van der Waals surface area contributed by atoms with Gasteiger partial charge in [0, 0.05) is 17.6 Å². The minimum absolute atomic E-state index is 0.479. The van der Waals surface area contributed by atoms with Gasteiger partial charge in [-0.05, 0) is 19.8 Å². The molecule has 1 fully saturated rings. The molecule has 1 amide bonds. The minimum atomic E-state index is -3.35. The maximum absolute atomic E-state index is 11.6. The quantitative estimate of drug-likeness (QED) is 0.900. The third-order valence-corrected chi connectivity index (χ3v) is 5.03. The van der Waals surface area contributed by atoms with E-state index in [4.69, 9.17) is 0 Å². The molecule has 2 rings (SSSR count). The van der Waals surface area contributed by atoms with Crippen LogP contribution in [0.5, 0.6) is 0 Å². The number of anilines is 1. The highest BCUT2D eigenvalue weighted by atomic mass is 32.2. The van der Waals surface area contributed by atoms with E-state index in [9.17, 15) is 13.2 Å². The van der Waals surface area contributed by atoms with Crippen LogP contribution in [-0.2, 0) is 14.6 Å². The Balaban J connectivity index is 2.02. The van der Waals surface area contributed by atoms with Gasteiger partial charge in [0.25, 0.3) is 0 Å². The second-order valence-electron chi connectivity index (χ2n) is 4.31. The first-order chi connectivity index (χ1) is 7.88. The number of rotatable bonds is 4. The Bertz CT molecular complexity index is 532. The number of sulfone groups is 1. The molecule has 1 atom stereocenters. The molecule has 1 aliphatic rings. The van der Waals surface area contributed by atoms with Gasteiger partial charge in [0.15, 0.2) is 15.0 Å². The summed E-state index contributed by atoms with van der Waals surface area (Å²) in [4.78, 5) is 15.9. The predicted molar refractivity (Wildman–Crippen MR) is 67.0 cm³/mol. The van der Waals surface area contributed by atoms with Crippen LogP contribution in [0.1, 0.15) is 31.4 Å². The van der Waals surface area contributed by atoms with Gasteiger partial charge in [0.2, 0.25) is 5.91 Å². The van der Waals surface area contributed by atoms with Gasteiger partial charge in [-0.2, -0.15) is 0 Å². The van der Waals surface area contributed by atoms with E-state index in [1.54, 1.807) is 0 Å². The van der Waals surface area contributed by atoms with Crippen molar-refractivity contribution in [1.82, 2.24) is 4.98 Å². The summed E-state index contributed by atoms with van der Waals surface area (Å²) in [7, 11) is -3.35. The largest absolute Gasteiger partial charge is 0.301 e. The smallest absolute Gasteiger partial charge is 0.244 e. The van der Waals surface area contributed by atoms with Crippen LogP contribution in [-0.4, -0.2) is 30.8 Å². The number of nitrogens with zero attached hydrogens (tertiary/aromatic N) is 1. The molecule has 17 heavy (non-hydrogen) atoms. The molecule has 0 unspecified atom stereocenters. The zero-order valence-electron chi connectivity index (χ0n) is 9.63. The Morgan fingerprint density at radius 1 is 1.59 bits per heavy atom. The molecule has 1 aromatic heterocycles. The molecular formula is C10H14N2O3S2. The molecule has 1 N–H and O–H groups in total. The summed E-state index contributed by atoms with van der Waals surface area (Å²) in [6, 6.07) is 0. The van der Waals surface area contributed by atoms with Crippen molar-refractivity contribution in [3.05, 3.63) is 11.1 Å². The molecule has 0 aliphatic heterocycles. The van der Waals surface area contributed by atoms with Crippen LogP contribution >= 0.6 is 11.3 Å². The minimum Gasteiger partial charge on any atom is -0.301 e. The lowest BCUT2D eigenvalue weighted by molar-refractivity contribution is -0.115. The summed E-state index contributed by atoms with van der Waals surface area (Å²) in [5.74, 6) is 0.00781. The second kappa shape index (κ2) is 4.38. The fourth-order valence-corrected chi connectivity index (χ4v) is 2.55. The number of carbonyl (C=O) groups is 1. The molecule has 94 valence electrons. The van der Waals surface area contributed by atoms with Crippen LogP contribution in [0.15, 0.2) is 5.38 Å². The Kier molecular flexibility index (Phi) is 3.22. The van der Waals surface area contributed by atoms with Gasteiger partial charge in [0.05, 0.1) is 5.69 Å². The van der Waals surface area contributed by atoms with Gasteiger partial charge in [-0.3, -0.25) is 4.79 Å². The first kappa shape index (κ1) is 12.5. The van der Waals surface area contributed by atoms with Crippen molar-refractivity contribution in [1.29, 1.82) is 0 Å². The standard InChI is InChI=1S/C10H14N2O3S2/c1-6(17(2,14)15)9(13)12-10-11-8(5-16-10)7-3-4-7/h5-7H,3-4H2,1-2H3,(H,11,12,13)/t6-/m1/s1. The number of carbonyl (C=O) groups excluding carboxylic acids is 1. The lowest BCUT2D eigenvalue weighted by Gasteiger charge is -2.07. The first-order valence-corrected chi connectivity index (χ1v) is 8.16. The maximum atomic E-state index is 11.6. The molecule has 1 heterocycles. The summed E-state index contributed by atoms with van der Waals surface area (Å²) in [6.45, 7) is 1.38. The van der Waals surface area contributed by atoms with E-state index in [2.05, 4.69) is 10.3 Å². The van der Waals surface area contributed by atoms with Crippen molar-refractivity contribution in [2.75, 3.05) is 11.6 Å². The van der Waals surface area contributed by atoms with Gasteiger partial charge in [-0.25, -0.2) is 13.4 Å². The van der Waals surface area contributed by atoms with E-state index in [1.807, 2.05) is 5.38 Å². The van der Waals surface area contributed by atoms with Gasteiger partial charge in [-0.1, -0.05) is 0 Å². The molecule has 1 aromatic rings. The number of aromatic nitrogens is 1. The molecule has 0 aromatic carbocycles. The van der Waals surface area contributed by atoms with Crippen LogP contribution in [0, 0.1) is 0 Å². The maximum Gasteiger partial charge on any atom is 0.244 e. The molecular weight excluding hydrogens is 260 g/mol. The van der Waals surface area contributed by atoms with Crippen LogP contribution in [0.4, 0.5) is 5.13 Å². The number of thiazole rings is 1.